The summed E-state index contributed by atoms with van der Waals surface area (Å²) >= 11 is 5.34. The summed E-state index contributed by atoms with van der Waals surface area (Å²) in [6, 6.07) is 28.1. The lowest BCUT2D eigenvalue weighted by Crippen LogP contribution is -2.24. The molecule has 0 aliphatic heterocycles. The highest BCUT2D eigenvalue weighted by Crippen LogP contribution is 2.23. The second-order valence-electron chi connectivity index (χ2n) is 5.84. The maximum absolute atomic E-state index is 5.34. The number of benzene rings is 3. The Bertz CT molecular complexity index is 858. The molecule has 2 N–H and O–H groups in total. The molecule has 3 aromatic carbocycles. The minimum atomic E-state index is 0.0361. The highest BCUT2D eigenvalue weighted by atomic mass is 32.1. The Kier molecular flexibility index (Phi) is 6.55. The summed E-state index contributed by atoms with van der Waals surface area (Å²) in [5.41, 5.74) is 6.00. The molecule has 3 aromatic rings. The van der Waals surface area contributed by atoms with Crippen LogP contribution in [0.1, 0.15) is 17.0 Å². The van der Waals surface area contributed by atoms with Crippen LogP contribution in [0.15, 0.2) is 90.0 Å². The van der Waals surface area contributed by atoms with Crippen molar-refractivity contribution in [2.75, 3.05) is 12.4 Å². The van der Waals surface area contributed by atoms with Crippen LogP contribution < -0.4 is 15.5 Å². The third kappa shape index (κ3) is 5.15. The molecule has 0 fully saturated rings. The molecule has 0 saturated heterocycles. The summed E-state index contributed by atoms with van der Waals surface area (Å²) in [7, 11) is 1.62. The van der Waals surface area contributed by atoms with E-state index in [1.165, 1.54) is 0 Å². The average molecular weight is 375 g/mol. The third-order valence-electron chi connectivity index (χ3n) is 4.06. The van der Waals surface area contributed by atoms with E-state index in [4.69, 9.17) is 17.0 Å². The number of hydrogen-bond donors (Lipinski definition) is 2. The molecule has 0 spiro atoms. The normalized spacial score (nSPS) is 10.7. The Balaban J connectivity index is 1.71. The topological polar surface area (TPSA) is 45.6 Å². The highest BCUT2D eigenvalue weighted by Gasteiger charge is 2.11. The van der Waals surface area contributed by atoms with Gasteiger partial charge in [-0.2, -0.15) is 5.10 Å². The van der Waals surface area contributed by atoms with E-state index in [0.29, 0.717) is 5.11 Å². The van der Waals surface area contributed by atoms with E-state index in [-0.39, 0.29) is 5.92 Å². The molecule has 5 heteroatoms. The van der Waals surface area contributed by atoms with Gasteiger partial charge in [0, 0.05) is 12.1 Å². The summed E-state index contributed by atoms with van der Waals surface area (Å²) in [5.74, 6) is 0.756. The number of nitrogens with one attached hydrogen (secondary N) is 2. The second kappa shape index (κ2) is 9.50. The number of para-hydroxylation sites is 2. The minimum Gasteiger partial charge on any atom is -0.495 e. The Morgan fingerprint density at radius 3 is 2.04 bits per heavy atom. The van der Waals surface area contributed by atoms with E-state index >= 15 is 0 Å². The van der Waals surface area contributed by atoms with Gasteiger partial charge in [0.15, 0.2) is 5.11 Å². The van der Waals surface area contributed by atoms with Crippen molar-refractivity contribution in [3.63, 3.8) is 0 Å². The fourth-order valence-corrected chi connectivity index (χ4v) is 2.92. The first-order valence-electron chi connectivity index (χ1n) is 8.61. The lowest BCUT2D eigenvalue weighted by Gasteiger charge is -2.14. The number of thiocarbonyl (C=S) groups is 1. The molecule has 0 aromatic heterocycles. The third-order valence-corrected chi connectivity index (χ3v) is 4.26. The fourth-order valence-electron chi connectivity index (χ4n) is 2.75. The van der Waals surface area contributed by atoms with Crippen molar-refractivity contribution in [3.8, 4) is 5.75 Å². The minimum absolute atomic E-state index is 0.0361. The molecule has 0 bridgehead atoms. The van der Waals surface area contributed by atoms with Crippen LogP contribution in [-0.4, -0.2) is 18.4 Å². The molecule has 0 radical (unpaired) electrons. The van der Waals surface area contributed by atoms with Crippen molar-refractivity contribution in [2.24, 2.45) is 5.10 Å². The number of anilines is 1. The largest absolute Gasteiger partial charge is 0.495 e. The molecule has 0 heterocycles. The summed E-state index contributed by atoms with van der Waals surface area (Å²) in [6.45, 7) is 0. The molecule has 0 amide bonds. The van der Waals surface area contributed by atoms with Crippen LogP contribution in [0.4, 0.5) is 5.69 Å². The lowest BCUT2D eigenvalue weighted by molar-refractivity contribution is 0.417. The molecule has 0 saturated carbocycles. The second-order valence-corrected chi connectivity index (χ2v) is 6.25. The van der Waals surface area contributed by atoms with Crippen LogP contribution in [0.25, 0.3) is 0 Å². The number of nitrogens with zero attached hydrogens (tertiary/aromatic N) is 1. The van der Waals surface area contributed by atoms with Gasteiger partial charge in [-0.15, -0.1) is 0 Å². The molecule has 0 aliphatic carbocycles. The number of hydrogen-bond acceptors (Lipinski definition) is 3. The van der Waals surface area contributed by atoms with Crippen molar-refractivity contribution in [1.82, 2.24) is 5.43 Å². The highest BCUT2D eigenvalue weighted by molar-refractivity contribution is 7.80. The van der Waals surface area contributed by atoms with Gasteiger partial charge in [-0.05, 0) is 35.5 Å². The molecule has 0 atom stereocenters. The zero-order chi connectivity index (χ0) is 18.9. The first-order valence-corrected chi connectivity index (χ1v) is 9.02. The maximum atomic E-state index is 5.34. The first-order chi connectivity index (χ1) is 13.3. The summed E-state index contributed by atoms with van der Waals surface area (Å²) in [6.07, 6.45) is 1.86. The molecule has 4 nitrogen and oxygen atoms in total. The molecular weight excluding hydrogens is 354 g/mol. The van der Waals surface area contributed by atoms with Gasteiger partial charge in [-0.1, -0.05) is 72.8 Å². The monoisotopic (exact) mass is 375 g/mol. The smallest absolute Gasteiger partial charge is 0.191 e. The van der Waals surface area contributed by atoms with Crippen LogP contribution in [0.3, 0.4) is 0 Å². The van der Waals surface area contributed by atoms with Gasteiger partial charge in [0.05, 0.1) is 12.8 Å². The van der Waals surface area contributed by atoms with Gasteiger partial charge < -0.3 is 10.1 Å². The van der Waals surface area contributed by atoms with Crippen LogP contribution in [-0.2, 0) is 0 Å². The van der Waals surface area contributed by atoms with Crippen LogP contribution in [0, 0.1) is 0 Å². The van der Waals surface area contributed by atoms with Crippen LogP contribution in [0.5, 0.6) is 5.75 Å². The number of rotatable bonds is 6. The van der Waals surface area contributed by atoms with Crippen molar-refractivity contribution in [1.29, 1.82) is 0 Å². The summed E-state index contributed by atoms with van der Waals surface area (Å²) < 4.78 is 5.32. The maximum Gasteiger partial charge on any atom is 0.191 e. The molecule has 0 aliphatic rings. The fraction of sp³-hybridized carbons (Fsp3) is 0.0909. The van der Waals surface area contributed by atoms with Crippen molar-refractivity contribution in [3.05, 3.63) is 96.1 Å². The van der Waals surface area contributed by atoms with Gasteiger partial charge >= 0.3 is 0 Å². The van der Waals surface area contributed by atoms with E-state index in [9.17, 15) is 0 Å². The quantitative estimate of drug-likeness (QED) is 0.369. The molecular formula is C22H21N3OS. The summed E-state index contributed by atoms with van der Waals surface area (Å²) in [5, 5.41) is 7.85. The first kappa shape index (κ1) is 18.6. The Morgan fingerprint density at radius 1 is 0.889 bits per heavy atom. The summed E-state index contributed by atoms with van der Waals surface area (Å²) in [4.78, 5) is 0. The van der Waals surface area contributed by atoms with E-state index in [1.54, 1.807) is 7.11 Å². The SMILES string of the molecule is COc1ccccc1NC(=S)N/N=C\C(c1ccccc1)c1ccccc1. The van der Waals surface area contributed by atoms with Gasteiger partial charge in [-0.3, -0.25) is 5.43 Å². The lowest BCUT2D eigenvalue weighted by atomic mass is 9.92. The van der Waals surface area contributed by atoms with Crippen LogP contribution in [0.2, 0.25) is 0 Å². The number of hydrazone groups is 1. The molecule has 27 heavy (non-hydrogen) atoms. The van der Waals surface area contributed by atoms with E-state index in [0.717, 1.165) is 22.6 Å². The predicted octanol–water partition coefficient (Wildman–Crippen LogP) is 4.80. The average Bonchev–Trinajstić information content (AvgIpc) is 2.73. The Labute approximate surface area is 164 Å². The number of ether oxygens (including phenoxy) is 1. The zero-order valence-corrected chi connectivity index (χ0v) is 15.8. The van der Waals surface area contributed by atoms with E-state index in [1.807, 2.05) is 66.9 Å². The van der Waals surface area contributed by atoms with E-state index in [2.05, 4.69) is 40.1 Å². The molecule has 0 unspecified atom stereocenters. The van der Waals surface area contributed by atoms with Gasteiger partial charge in [-0.25, -0.2) is 0 Å². The zero-order valence-electron chi connectivity index (χ0n) is 15.0. The van der Waals surface area contributed by atoms with Gasteiger partial charge in [0.2, 0.25) is 0 Å². The Morgan fingerprint density at radius 2 is 1.44 bits per heavy atom. The Hall–Kier alpha value is -3.18. The number of methoxy groups -OCH3 is 1. The molecule has 3 rings (SSSR count). The predicted molar refractivity (Wildman–Crippen MR) is 116 cm³/mol. The van der Waals surface area contributed by atoms with Gasteiger partial charge in [0.25, 0.3) is 0 Å². The van der Waals surface area contributed by atoms with Crippen molar-refractivity contribution >= 4 is 29.2 Å². The van der Waals surface area contributed by atoms with Gasteiger partial charge in [0.1, 0.15) is 5.75 Å². The van der Waals surface area contributed by atoms with Crippen LogP contribution >= 0.6 is 12.2 Å². The van der Waals surface area contributed by atoms with E-state index < -0.39 is 0 Å². The standard InChI is InChI=1S/C22H21N3OS/c1-26-21-15-9-8-14-20(21)24-22(27)25-23-16-19(17-10-4-2-5-11-17)18-12-6-3-7-13-18/h2-16,19H,1H3,(H2,24,25,27)/b23-16-. The molecule has 136 valence electrons. The van der Waals surface area contributed by atoms with Crippen molar-refractivity contribution < 1.29 is 4.74 Å². The van der Waals surface area contributed by atoms with Crippen molar-refractivity contribution in [2.45, 2.75) is 5.92 Å².